The third-order valence-corrected chi connectivity index (χ3v) is 5.78. The molecule has 0 aliphatic carbocycles. The quantitative estimate of drug-likeness (QED) is 0.553. The number of aromatic nitrogens is 1. The zero-order valence-corrected chi connectivity index (χ0v) is 19.5. The van der Waals surface area contributed by atoms with Crippen LogP contribution < -0.4 is 10.1 Å². The summed E-state index contributed by atoms with van der Waals surface area (Å²) in [5.41, 5.74) is 2.08. The van der Waals surface area contributed by atoms with E-state index in [0.717, 1.165) is 56.0 Å². The Bertz CT molecular complexity index is 839. The lowest BCUT2D eigenvalue weighted by molar-refractivity contribution is -0.127. The molecular formula is C25H36N4O3. The standard InChI is InChI=1S/C25H36N4O3/c1-19-5-10-24(14-27-19)32-18-21-13-22(25(31)26-11-4-12-28(2)3)17-29(16-21)15-20-6-8-23(30)9-7-20/h5-10,14,21-22,30H,4,11-13,15-18H2,1-3H3,(H,26,31)/t21-,22+/m0/s1. The van der Waals surface area contributed by atoms with E-state index in [-0.39, 0.29) is 23.5 Å². The van der Waals surface area contributed by atoms with Crippen molar-refractivity contribution >= 4 is 5.91 Å². The molecule has 2 aromatic rings. The average molecular weight is 441 g/mol. The lowest BCUT2D eigenvalue weighted by Gasteiger charge is -2.37. The molecule has 0 saturated carbocycles. The van der Waals surface area contributed by atoms with E-state index in [2.05, 4.69) is 20.1 Å². The fourth-order valence-electron chi connectivity index (χ4n) is 4.11. The Balaban J connectivity index is 1.60. The first kappa shape index (κ1) is 24.0. The highest BCUT2D eigenvalue weighted by Gasteiger charge is 2.32. The first-order valence-corrected chi connectivity index (χ1v) is 11.4. The number of nitrogens with zero attached hydrogens (tertiary/aromatic N) is 3. The van der Waals surface area contributed by atoms with Gasteiger partial charge in [0.05, 0.1) is 18.7 Å². The Morgan fingerprint density at radius 2 is 2.00 bits per heavy atom. The van der Waals surface area contributed by atoms with Crippen LogP contribution in [0.3, 0.4) is 0 Å². The van der Waals surface area contributed by atoms with Gasteiger partial charge < -0.3 is 20.1 Å². The molecule has 1 aliphatic rings. The molecule has 1 amide bonds. The maximum Gasteiger partial charge on any atom is 0.224 e. The molecular weight excluding hydrogens is 404 g/mol. The number of rotatable bonds is 10. The molecule has 2 N–H and O–H groups in total. The molecule has 1 aromatic carbocycles. The van der Waals surface area contributed by atoms with E-state index in [9.17, 15) is 9.90 Å². The first-order chi connectivity index (χ1) is 15.4. The molecule has 1 fully saturated rings. The normalized spacial score (nSPS) is 19.1. The molecule has 2 atom stereocenters. The number of phenols is 1. The Hall–Kier alpha value is -2.64. The second-order valence-electron chi connectivity index (χ2n) is 9.05. The van der Waals surface area contributed by atoms with Crippen LogP contribution in [-0.2, 0) is 11.3 Å². The van der Waals surface area contributed by atoms with Crippen LogP contribution in [0.15, 0.2) is 42.6 Å². The predicted molar refractivity (Wildman–Crippen MR) is 126 cm³/mol. The van der Waals surface area contributed by atoms with Crippen molar-refractivity contribution in [2.75, 3.05) is 46.9 Å². The van der Waals surface area contributed by atoms with E-state index in [1.54, 1.807) is 18.3 Å². The van der Waals surface area contributed by atoms with Gasteiger partial charge in [-0.25, -0.2) is 0 Å². The first-order valence-electron chi connectivity index (χ1n) is 11.4. The van der Waals surface area contributed by atoms with Gasteiger partial charge in [0, 0.05) is 37.8 Å². The lowest BCUT2D eigenvalue weighted by Crippen LogP contribution is -2.47. The average Bonchev–Trinajstić information content (AvgIpc) is 2.77. The smallest absolute Gasteiger partial charge is 0.224 e. The third kappa shape index (κ3) is 7.80. The summed E-state index contributed by atoms with van der Waals surface area (Å²) in [6.45, 7) is 6.50. The number of likely N-dealkylation sites (tertiary alicyclic amines) is 1. The van der Waals surface area contributed by atoms with Gasteiger partial charge in [0.15, 0.2) is 0 Å². The van der Waals surface area contributed by atoms with Gasteiger partial charge in [-0.3, -0.25) is 14.7 Å². The van der Waals surface area contributed by atoms with Crippen LogP contribution in [0.5, 0.6) is 11.5 Å². The van der Waals surface area contributed by atoms with Gasteiger partial charge in [-0.2, -0.15) is 0 Å². The highest BCUT2D eigenvalue weighted by molar-refractivity contribution is 5.79. The number of carbonyl (C=O) groups is 1. The summed E-state index contributed by atoms with van der Waals surface area (Å²) in [5.74, 6) is 1.34. The monoisotopic (exact) mass is 440 g/mol. The number of phenolic OH excluding ortho intramolecular Hbond substituents is 1. The molecule has 0 bridgehead atoms. The number of piperidine rings is 1. The molecule has 0 spiro atoms. The fraction of sp³-hybridized carbons (Fsp3) is 0.520. The SMILES string of the molecule is Cc1ccc(OC[C@H]2C[C@@H](C(=O)NCCCN(C)C)CN(Cc3ccc(O)cc3)C2)cn1. The molecule has 0 radical (unpaired) electrons. The Morgan fingerprint density at radius 1 is 1.22 bits per heavy atom. The third-order valence-electron chi connectivity index (χ3n) is 5.78. The molecule has 32 heavy (non-hydrogen) atoms. The Kier molecular flexibility index (Phi) is 8.88. The summed E-state index contributed by atoms with van der Waals surface area (Å²) in [4.78, 5) is 21.6. The molecule has 1 aromatic heterocycles. The van der Waals surface area contributed by atoms with Crippen LogP contribution in [0, 0.1) is 18.8 Å². The maximum atomic E-state index is 12.9. The van der Waals surface area contributed by atoms with Crippen molar-refractivity contribution in [1.82, 2.24) is 20.1 Å². The Labute approximate surface area is 191 Å². The van der Waals surface area contributed by atoms with Crippen molar-refractivity contribution in [3.05, 3.63) is 53.9 Å². The predicted octanol–water partition coefficient (Wildman–Crippen LogP) is 2.68. The maximum absolute atomic E-state index is 12.9. The summed E-state index contributed by atoms with van der Waals surface area (Å²) in [5, 5.41) is 12.7. The van der Waals surface area contributed by atoms with Crippen LogP contribution in [0.4, 0.5) is 0 Å². The van der Waals surface area contributed by atoms with Gasteiger partial charge in [0.25, 0.3) is 0 Å². The van der Waals surface area contributed by atoms with Crippen LogP contribution in [0.25, 0.3) is 0 Å². The van der Waals surface area contributed by atoms with Crippen molar-refractivity contribution < 1.29 is 14.6 Å². The molecule has 0 unspecified atom stereocenters. The number of aryl methyl sites for hydroxylation is 1. The fourth-order valence-corrected chi connectivity index (χ4v) is 4.11. The second kappa shape index (κ2) is 11.8. The van der Waals surface area contributed by atoms with Gasteiger partial charge in [-0.05, 0) is 70.2 Å². The number of hydrogen-bond acceptors (Lipinski definition) is 6. The van der Waals surface area contributed by atoms with Crippen molar-refractivity contribution in [2.24, 2.45) is 11.8 Å². The number of carbonyl (C=O) groups excluding carboxylic acids is 1. The van der Waals surface area contributed by atoms with Crippen LogP contribution >= 0.6 is 0 Å². The number of nitrogens with one attached hydrogen (secondary N) is 1. The van der Waals surface area contributed by atoms with E-state index in [1.165, 1.54) is 0 Å². The summed E-state index contributed by atoms with van der Waals surface area (Å²) in [7, 11) is 4.08. The molecule has 1 aliphatic heterocycles. The molecule has 7 heteroatoms. The van der Waals surface area contributed by atoms with E-state index in [4.69, 9.17) is 4.74 Å². The summed E-state index contributed by atoms with van der Waals surface area (Å²) in [6.07, 6.45) is 3.50. The van der Waals surface area contributed by atoms with Gasteiger partial charge in [0.2, 0.25) is 5.91 Å². The molecule has 2 heterocycles. The Morgan fingerprint density at radius 3 is 2.69 bits per heavy atom. The van der Waals surface area contributed by atoms with E-state index in [1.807, 2.05) is 45.3 Å². The van der Waals surface area contributed by atoms with E-state index in [0.29, 0.717) is 13.2 Å². The number of amides is 1. The molecule has 1 saturated heterocycles. The van der Waals surface area contributed by atoms with Crippen LogP contribution in [0.1, 0.15) is 24.1 Å². The van der Waals surface area contributed by atoms with Crippen LogP contribution in [0.2, 0.25) is 0 Å². The van der Waals surface area contributed by atoms with Gasteiger partial charge in [-0.15, -0.1) is 0 Å². The van der Waals surface area contributed by atoms with Crippen molar-refractivity contribution in [1.29, 1.82) is 0 Å². The second-order valence-corrected chi connectivity index (χ2v) is 9.05. The summed E-state index contributed by atoms with van der Waals surface area (Å²) in [6, 6.07) is 11.2. The highest BCUT2D eigenvalue weighted by Crippen LogP contribution is 2.25. The van der Waals surface area contributed by atoms with Gasteiger partial charge >= 0.3 is 0 Å². The molecule has 7 nitrogen and oxygen atoms in total. The number of ether oxygens (including phenoxy) is 1. The van der Waals surface area contributed by atoms with E-state index >= 15 is 0 Å². The highest BCUT2D eigenvalue weighted by atomic mass is 16.5. The molecule has 174 valence electrons. The lowest BCUT2D eigenvalue weighted by atomic mass is 9.88. The summed E-state index contributed by atoms with van der Waals surface area (Å²) < 4.78 is 6.01. The zero-order valence-electron chi connectivity index (χ0n) is 19.5. The summed E-state index contributed by atoms with van der Waals surface area (Å²) >= 11 is 0. The minimum Gasteiger partial charge on any atom is -0.508 e. The topological polar surface area (TPSA) is 77.9 Å². The zero-order chi connectivity index (χ0) is 22.9. The van der Waals surface area contributed by atoms with Crippen molar-refractivity contribution in [3.63, 3.8) is 0 Å². The minimum absolute atomic E-state index is 0.0648. The number of pyridine rings is 1. The molecule has 3 rings (SSSR count). The van der Waals surface area contributed by atoms with Crippen molar-refractivity contribution in [2.45, 2.75) is 26.3 Å². The number of hydrogen-bond donors (Lipinski definition) is 2. The number of benzene rings is 1. The van der Waals surface area contributed by atoms with E-state index < -0.39 is 0 Å². The number of aromatic hydroxyl groups is 1. The largest absolute Gasteiger partial charge is 0.508 e. The van der Waals surface area contributed by atoms with Gasteiger partial charge in [0.1, 0.15) is 11.5 Å². The van der Waals surface area contributed by atoms with Crippen molar-refractivity contribution in [3.8, 4) is 11.5 Å². The van der Waals surface area contributed by atoms with Gasteiger partial charge in [-0.1, -0.05) is 12.1 Å². The van der Waals surface area contributed by atoms with Crippen LogP contribution in [-0.4, -0.2) is 72.7 Å². The minimum atomic E-state index is -0.0648.